The molecule has 2 N–H and O–H groups in total. The number of nitrogens with zero attached hydrogens (tertiary/aromatic N) is 2. The zero-order valence-electron chi connectivity index (χ0n) is 10.7. The zero-order chi connectivity index (χ0) is 14.2. The first kappa shape index (κ1) is 13.7. The summed E-state index contributed by atoms with van der Waals surface area (Å²) >= 11 is 0. The first-order valence-electron chi connectivity index (χ1n) is 6.09. The van der Waals surface area contributed by atoms with Crippen molar-refractivity contribution in [2.75, 3.05) is 11.9 Å². The second kappa shape index (κ2) is 7.02. The van der Waals surface area contributed by atoms with Gasteiger partial charge in [0.05, 0.1) is 6.61 Å². The standard InChI is InChI=1S/C15H13N3O2/c19-11-4-2-6-12-7-5-9-14(17-12)18-15(20)13-8-1-3-10-16-13/h1,3,5,7-10,19H,4,11H2,(H,17,18,20). The molecule has 0 aliphatic rings. The van der Waals surface area contributed by atoms with Gasteiger partial charge >= 0.3 is 0 Å². The molecule has 0 bridgehead atoms. The summed E-state index contributed by atoms with van der Waals surface area (Å²) in [6.45, 7) is 0.0170. The number of pyridine rings is 2. The molecule has 0 saturated carbocycles. The van der Waals surface area contributed by atoms with E-state index in [-0.39, 0.29) is 12.5 Å². The van der Waals surface area contributed by atoms with Crippen LogP contribution in [0, 0.1) is 11.8 Å². The van der Waals surface area contributed by atoms with Crippen molar-refractivity contribution in [1.29, 1.82) is 0 Å². The molecular weight excluding hydrogens is 254 g/mol. The molecule has 2 rings (SSSR count). The molecule has 0 atom stereocenters. The van der Waals surface area contributed by atoms with E-state index in [1.807, 2.05) is 0 Å². The van der Waals surface area contributed by atoms with Crippen molar-refractivity contribution < 1.29 is 9.90 Å². The highest BCUT2D eigenvalue weighted by Gasteiger charge is 2.07. The molecular formula is C15H13N3O2. The van der Waals surface area contributed by atoms with Gasteiger partial charge in [-0.1, -0.05) is 18.1 Å². The fourth-order valence-electron chi connectivity index (χ4n) is 1.46. The van der Waals surface area contributed by atoms with E-state index in [0.717, 1.165) is 0 Å². The highest BCUT2D eigenvalue weighted by molar-refractivity contribution is 6.02. The van der Waals surface area contributed by atoms with Gasteiger partial charge in [0.15, 0.2) is 0 Å². The Morgan fingerprint density at radius 1 is 1.25 bits per heavy atom. The van der Waals surface area contributed by atoms with E-state index in [0.29, 0.717) is 23.6 Å². The molecule has 100 valence electrons. The van der Waals surface area contributed by atoms with Crippen molar-refractivity contribution in [3.63, 3.8) is 0 Å². The number of amides is 1. The molecule has 2 aromatic rings. The lowest BCUT2D eigenvalue weighted by Crippen LogP contribution is -2.14. The van der Waals surface area contributed by atoms with Crippen LogP contribution in [-0.4, -0.2) is 27.6 Å². The van der Waals surface area contributed by atoms with Gasteiger partial charge in [0.25, 0.3) is 5.91 Å². The summed E-state index contributed by atoms with van der Waals surface area (Å²) in [5.41, 5.74) is 0.864. The summed E-state index contributed by atoms with van der Waals surface area (Å²) < 4.78 is 0. The van der Waals surface area contributed by atoms with Crippen molar-refractivity contribution >= 4 is 11.7 Å². The Morgan fingerprint density at radius 3 is 2.90 bits per heavy atom. The Bertz CT molecular complexity index is 645. The number of aromatic nitrogens is 2. The molecule has 0 spiro atoms. The van der Waals surface area contributed by atoms with E-state index in [4.69, 9.17) is 5.11 Å². The first-order valence-corrected chi connectivity index (χ1v) is 6.09. The van der Waals surface area contributed by atoms with Gasteiger partial charge in [-0.2, -0.15) is 0 Å². The highest BCUT2D eigenvalue weighted by atomic mass is 16.2. The molecule has 0 saturated heterocycles. The third kappa shape index (κ3) is 3.90. The van der Waals surface area contributed by atoms with Gasteiger partial charge in [-0.3, -0.25) is 9.78 Å². The molecule has 1 amide bonds. The second-order valence-corrected chi connectivity index (χ2v) is 3.85. The van der Waals surface area contributed by atoms with Crippen LogP contribution >= 0.6 is 0 Å². The third-order valence-corrected chi connectivity index (χ3v) is 2.34. The summed E-state index contributed by atoms with van der Waals surface area (Å²) in [5, 5.41) is 11.3. The van der Waals surface area contributed by atoms with Crippen molar-refractivity contribution in [1.82, 2.24) is 9.97 Å². The number of carbonyl (C=O) groups is 1. The minimum Gasteiger partial charge on any atom is -0.395 e. The van der Waals surface area contributed by atoms with Gasteiger partial charge in [0.1, 0.15) is 17.2 Å². The van der Waals surface area contributed by atoms with Crippen molar-refractivity contribution in [2.24, 2.45) is 0 Å². The van der Waals surface area contributed by atoms with E-state index in [9.17, 15) is 4.79 Å². The quantitative estimate of drug-likeness (QED) is 0.826. The maximum Gasteiger partial charge on any atom is 0.275 e. The summed E-state index contributed by atoms with van der Waals surface area (Å²) in [5.74, 6) is 5.68. The summed E-state index contributed by atoms with van der Waals surface area (Å²) in [6.07, 6.45) is 1.95. The molecule has 0 aromatic carbocycles. The zero-order valence-corrected chi connectivity index (χ0v) is 10.7. The van der Waals surface area contributed by atoms with E-state index < -0.39 is 0 Å². The number of rotatable bonds is 3. The van der Waals surface area contributed by atoms with E-state index in [1.54, 1.807) is 42.6 Å². The van der Waals surface area contributed by atoms with Gasteiger partial charge < -0.3 is 10.4 Å². The topological polar surface area (TPSA) is 75.1 Å². The normalized spacial score (nSPS) is 9.45. The molecule has 0 radical (unpaired) electrons. The van der Waals surface area contributed by atoms with Gasteiger partial charge in [-0.25, -0.2) is 4.98 Å². The van der Waals surface area contributed by atoms with Crippen LogP contribution < -0.4 is 5.32 Å². The third-order valence-electron chi connectivity index (χ3n) is 2.34. The molecule has 0 fully saturated rings. The van der Waals surface area contributed by atoms with Crippen LogP contribution in [0.2, 0.25) is 0 Å². The Labute approximate surface area is 116 Å². The maximum absolute atomic E-state index is 11.9. The number of nitrogens with one attached hydrogen (secondary N) is 1. The molecule has 0 unspecified atom stereocenters. The predicted octanol–water partition coefficient (Wildman–Crippen LogP) is 1.46. The van der Waals surface area contributed by atoms with Crippen LogP contribution in [0.15, 0.2) is 42.6 Å². The fourth-order valence-corrected chi connectivity index (χ4v) is 1.46. The molecule has 20 heavy (non-hydrogen) atoms. The number of anilines is 1. The van der Waals surface area contributed by atoms with Crippen LogP contribution in [0.5, 0.6) is 0 Å². The average molecular weight is 267 g/mol. The Kier molecular flexibility index (Phi) is 4.81. The SMILES string of the molecule is O=C(Nc1cccc(C#CCCO)n1)c1ccccn1. The Morgan fingerprint density at radius 2 is 2.15 bits per heavy atom. The lowest BCUT2D eigenvalue weighted by Gasteiger charge is -2.03. The average Bonchev–Trinajstić information content (AvgIpc) is 2.49. The maximum atomic E-state index is 11.9. The Balaban J connectivity index is 2.09. The van der Waals surface area contributed by atoms with Gasteiger partial charge in [0, 0.05) is 12.6 Å². The fraction of sp³-hybridized carbons (Fsp3) is 0.133. The van der Waals surface area contributed by atoms with Gasteiger partial charge in [0.2, 0.25) is 0 Å². The van der Waals surface area contributed by atoms with E-state index in [1.165, 1.54) is 0 Å². The van der Waals surface area contributed by atoms with Crippen molar-refractivity contribution in [3.05, 3.63) is 54.0 Å². The smallest absolute Gasteiger partial charge is 0.275 e. The van der Waals surface area contributed by atoms with Crippen molar-refractivity contribution in [2.45, 2.75) is 6.42 Å². The van der Waals surface area contributed by atoms with Crippen LogP contribution in [0.25, 0.3) is 0 Å². The highest BCUT2D eigenvalue weighted by Crippen LogP contribution is 2.06. The number of aliphatic hydroxyl groups is 1. The lowest BCUT2D eigenvalue weighted by atomic mass is 10.3. The number of hydrogen-bond donors (Lipinski definition) is 2. The molecule has 0 aliphatic carbocycles. The Hall–Kier alpha value is -2.71. The molecule has 5 nitrogen and oxygen atoms in total. The van der Waals surface area contributed by atoms with Crippen LogP contribution in [0.4, 0.5) is 5.82 Å². The second-order valence-electron chi connectivity index (χ2n) is 3.85. The number of aliphatic hydroxyl groups excluding tert-OH is 1. The monoisotopic (exact) mass is 267 g/mol. The predicted molar refractivity (Wildman–Crippen MR) is 75.0 cm³/mol. The first-order chi connectivity index (χ1) is 9.79. The summed E-state index contributed by atoms with van der Waals surface area (Å²) in [7, 11) is 0. The lowest BCUT2D eigenvalue weighted by molar-refractivity contribution is 0.102. The van der Waals surface area contributed by atoms with Crippen LogP contribution in [0.3, 0.4) is 0 Å². The van der Waals surface area contributed by atoms with Gasteiger partial charge in [-0.15, -0.1) is 0 Å². The number of carbonyl (C=O) groups excluding carboxylic acids is 1. The van der Waals surface area contributed by atoms with E-state index >= 15 is 0 Å². The van der Waals surface area contributed by atoms with Crippen LogP contribution in [0.1, 0.15) is 22.6 Å². The molecule has 2 aromatic heterocycles. The van der Waals surface area contributed by atoms with E-state index in [2.05, 4.69) is 27.1 Å². The molecule has 2 heterocycles. The molecule has 0 aliphatic heterocycles. The minimum absolute atomic E-state index is 0.0170. The van der Waals surface area contributed by atoms with Crippen molar-refractivity contribution in [3.8, 4) is 11.8 Å². The molecule has 5 heteroatoms. The van der Waals surface area contributed by atoms with Gasteiger partial charge in [-0.05, 0) is 30.2 Å². The van der Waals surface area contributed by atoms with Crippen LogP contribution in [-0.2, 0) is 0 Å². The minimum atomic E-state index is -0.321. The number of hydrogen-bond acceptors (Lipinski definition) is 4. The summed E-state index contributed by atoms with van der Waals surface area (Å²) in [6, 6.07) is 10.3. The largest absolute Gasteiger partial charge is 0.395 e. The summed E-state index contributed by atoms with van der Waals surface area (Å²) in [4.78, 5) is 20.1.